The molecule has 1 aromatic carbocycles. The number of morpholine rings is 1. The van der Waals surface area contributed by atoms with Crippen LogP contribution in [0, 0.1) is 0 Å². The molecule has 1 saturated heterocycles. The summed E-state index contributed by atoms with van der Waals surface area (Å²) in [6, 6.07) is 6.07. The van der Waals surface area contributed by atoms with Crippen LogP contribution in [0.15, 0.2) is 18.2 Å². The molecule has 0 aromatic heterocycles. The zero-order valence-corrected chi connectivity index (χ0v) is 12.3. The van der Waals surface area contributed by atoms with Crippen molar-refractivity contribution in [2.24, 2.45) is 0 Å². The zero-order valence-electron chi connectivity index (χ0n) is 12.3. The topological polar surface area (TPSA) is 32.8 Å². The summed E-state index contributed by atoms with van der Waals surface area (Å²) in [5, 5.41) is 0. The Hall–Kier alpha value is -1.39. The van der Waals surface area contributed by atoms with Crippen LogP contribution < -0.4 is 4.90 Å². The van der Waals surface area contributed by atoms with Gasteiger partial charge in [0.2, 0.25) is 0 Å². The van der Waals surface area contributed by atoms with Crippen molar-refractivity contribution < 1.29 is 9.53 Å². The summed E-state index contributed by atoms with van der Waals surface area (Å²) in [6.07, 6.45) is 1.31. The van der Waals surface area contributed by atoms with Crippen molar-refractivity contribution in [1.82, 2.24) is 4.90 Å². The molecular formula is C16H22N2O2. The summed E-state index contributed by atoms with van der Waals surface area (Å²) in [4.78, 5) is 16.2. The van der Waals surface area contributed by atoms with E-state index in [-0.39, 0.29) is 11.9 Å². The van der Waals surface area contributed by atoms with E-state index in [9.17, 15) is 4.79 Å². The van der Waals surface area contributed by atoms with E-state index >= 15 is 0 Å². The van der Waals surface area contributed by atoms with Gasteiger partial charge >= 0.3 is 0 Å². The maximum absolute atomic E-state index is 11.4. The minimum absolute atomic E-state index is 0.142. The van der Waals surface area contributed by atoms with Crippen molar-refractivity contribution in [2.45, 2.75) is 19.4 Å². The van der Waals surface area contributed by atoms with E-state index < -0.39 is 0 Å². The number of anilines is 1. The fraction of sp³-hybridized carbons (Fsp3) is 0.562. The number of hydrogen-bond donors (Lipinski definition) is 0. The predicted molar refractivity (Wildman–Crippen MR) is 79.6 cm³/mol. The molecule has 0 radical (unpaired) electrons. The number of hydrogen-bond acceptors (Lipinski definition) is 4. The maximum Gasteiger partial charge on any atom is 0.159 e. The van der Waals surface area contributed by atoms with Gasteiger partial charge in [-0.15, -0.1) is 0 Å². The lowest BCUT2D eigenvalue weighted by atomic mass is 10.1. The SMILES string of the molecule is CC(=O)c1ccc2c(c1)CCN2CC1CN(C)CCO1. The van der Waals surface area contributed by atoms with Gasteiger partial charge in [-0.05, 0) is 44.2 Å². The number of ether oxygens (including phenoxy) is 1. The van der Waals surface area contributed by atoms with E-state index in [1.54, 1.807) is 6.92 Å². The fourth-order valence-electron chi connectivity index (χ4n) is 3.10. The van der Waals surface area contributed by atoms with E-state index in [0.29, 0.717) is 0 Å². The largest absolute Gasteiger partial charge is 0.374 e. The van der Waals surface area contributed by atoms with Crippen LogP contribution in [0.25, 0.3) is 0 Å². The molecule has 4 heteroatoms. The maximum atomic E-state index is 11.4. The van der Waals surface area contributed by atoms with Gasteiger partial charge in [-0.3, -0.25) is 4.79 Å². The van der Waals surface area contributed by atoms with Crippen molar-refractivity contribution in [3.63, 3.8) is 0 Å². The van der Waals surface area contributed by atoms with Crippen molar-refractivity contribution in [3.8, 4) is 0 Å². The fourth-order valence-corrected chi connectivity index (χ4v) is 3.10. The minimum atomic E-state index is 0.142. The van der Waals surface area contributed by atoms with Crippen LogP contribution in [0.3, 0.4) is 0 Å². The highest BCUT2D eigenvalue weighted by molar-refractivity contribution is 5.94. The molecule has 2 aliphatic heterocycles. The second kappa shape index (κ2) is 5.54. The first-order valence-electron chi connectivity index (χ1n) is 7.32. The summed E-state index contributed by atoms with van der Waals surface area (Å²) in [7, 11) is 2.15. The number of rotatable bonds is 3. The molecule has 0 amide bonds. The summed E-state index contributed by atoms with van der Waals surface area (Å²) < 4.78 is 5.85. The van der Waals surface area contributed by atoms with Crippen molar-refractivity contribution in [2.75, 3.05) is 44.7 Å². The second-order valence-electron chi connectivity index (χ2n) is 5.85. The predicted octanol–water partition coefficient (Wildman–Crippen LogP) is 1.58. The molecule has 20 heavy (non-hydrogen) atoms. The van der Waals surface area contributed by atoms with Crippen LogP contribution in [-0.4, -0.2) is 56.6 Å². The van der Waals surface area contributed by atoms with Gasteiger partial charge in [0.1, 0.15) is 0 Å². The number of ketones is 1. The van der Waals surface area contributed by atoms with Crippen LogP contribution in [0.1, 0.15) is 22.8 Å². The Kier molecular flexibility index (Phi) is 3.76. The lowest BCUT2D eigenvalue weighted by molar-refractivity contribution is -0.0146. The number of fused-ring (bicyclic) bond motifs is 1. The summed E-state index contributed by atoms with van der Waals surface area (Å²) >= 11 is 0. The van der Waals surface area contributed by atoms with Gasteiger partial charge in [-0.25, -0.2) is 0 Å². The monoisotopic (exact) mass is 274 g/mol. The van der Waals surface area contributed by atoms with Gasteiger partial charge in [0, 0.05) is 37.4 Å². The lowest BCUT2D eigenvalue weighted by Crippen LogP contribution is -2.45. The molecule has 1 aromatic rings. The van der Waals surface area contributed by atoms with Crippen LogP contribution in [0.5, 0.6) is 0 Å². The smallest absolute Gasteiger partial charge is 0.159 e. The number of benzene rings is 1. The van der Waals surface area contributed by atoms with Gasteiger partial charge in [0.25, 0.3) is 0 Å². The third-order valence-electron chi connectivity index (χ3n) is 4.24. The van der Waals surface area contributed by atoms with Gasteiger partial charge in [0.15, 0.2) is 5.78 Å². The lowest BCUT2D eigenvalue weighted by Gasteiger charge is -2.33. The van der Waals surface area contributed by atoms with E-state index in [2.05, 4.69) is 22.9 Å². The molecule has 2 aliphatic rings. The Morgan fingerprint density at radius 1 is 1.40 bits per heavy atom. The molecule has 1 atom stereocenters. The normalized spacial score (nSPS) is 22.9. The van der Waals surface area contributed by atoms with Crippen molar-refractivity contribution >= 4 is 11.5 Å². The average molecular weight is 274 g/mol. The molecule has 1 fully saturated rings. The Morgan fingerprint density at radius 2 is 2.25 bits per heavy atom. The second-order valence-corrected chi connectivity index (χ2v) is 5.85. The van der Waals surface area contributed by atoms with Crippen molar-refractivity contribution in [3.05, 3.63) is 29.3 Å². The van der Waals surface area contributed by atoms with Crippen LogP contribution in [-0.2, 0) is 11.2 Å². The van der Waals surface area contributed by atoms with Crippen molar-refractivity contribution in [1.29, 1.82) is 0 Å². The van der Waals surface area contributed by atoms with Gasteiger partial charge in [0.05, 0.1) is 12.7 Å². The first-order valence-corrected chi connectivity index (χ1v) is 7.32. The van der Waals surface area contributed by atoms with E-state index in [0.717, 1.165) is 44.8 Å². The number of likely N-dealkylation sites (N-methyl/N-ethyl adjacent to an activating group) is 1. The quantitative estimate of drug-likeness (QED) is 0.784. The minimum Gasteiger partial charge on any atom is -0.374 e. The molecule has 0 N–H and O–H groups in total. The number of nitrogens with zero attached hydrogens (tertiary/aromatic N) is 2. The first kappa shape index (κ1) is 13.6. The van der Waals surface area contributed by atoms with Gasteiger partial charge < -0.3 is 14.5 Å². The molecule has 0 bridgehead atoms. The highest BCUT2D eigenvalue weighted by Gasteiger charge is 2.25. The van der Waals surface area contributed by atoms with E-state index in [1.807, 2.05) is 12.1 Å². The van der Waals surface area contributed by atoms with E-state index in [4.69, 9.17) is 4.74 Å². The van der Waals surface area contributed by atoms with Gasteiger partial charge in [-0.1, -0.05) is 0 Å². The van der Waals surface area contributed by atoms with Crippen LogP contribution >= 0.6 is 0 Å². The molecule has 0 spiro atoms. The Morgan fingerprint density at radius 3 is 3.00 bits per heavy atom. The third kappa shape index (κ3) is 2.72. The summed E-state index contributed by atoms with van der Waals surface area (Å²) in [6.45, 7) is 6.44. The van der Waals surface area contributed by atoms with E-state index in [1.165, 1.54) is 11.3 Å². The Labute approximate surface area is 120 Å². The number of carbonyl (C=O) groups is 1. The standard InChI is InChI=1S/C16H22N2O2/c1-12(19)13-3-4-16-14(9-13)5-6-18(16)11-15-10-17(2)7-8-20-15/h3-4,9,15H,5-8,10-11H2,1-2H3. The number of carbonyl (C=O) groups excluding carboxylic acids is 1. The summed E-state index contributed by atoms with van der Waals surface area (Å²) in [5.74, 6) is 0.142. The molecule has 1 unspecified atom stereocenters. The molecule has 3 rings (SSSR count). The van der Waals surface area contributed by atoms with Crippen LogP contribution in [0.4, 0.5) is 5.69 Å². The molecule has 2 heterocycles. The Balaban J connectivity index is 1.71. The Bertz CT molecular complexity index is 515. The molecular weight excluding hydrogens is 252 g/mol. The average Bonchev–Trinajstić information content (AvgIpc) is 2.81. The third-order valence-corrected chi connectivity index (χ3v) is 4.24. The van der Waals surface area contributed by atoms with Crippen LogP contribution in [0.2, 0.25) is 0 Å². The first-order chi connectivity index (χ1) is 9.63. The highest BCUT2D eigenvalue weighted by atomic mass is 16.5. The molecule has 108 valence electrons. The molecule has 0 saturated carbocycles. The highest BCUT2D eigenvalue weighted by Crippen LogP contribution is 2.29. The molecule has 0 aliphatic carbocycles. The number of Topliss-reactive ketones (excluding diaryl/α,β-unsaturated/α-hetero) is 1. The summed E-state index contributed by atoms with van der Waals surface area (Å²) in [5.41, 5.74) is 3.38. The zero-order chi connectivity index (χ0) is 14.1. The molecule has 4 nitrogen and oxygen atoms in total. The van der Waals surface area contributed by atoms with Gasteiger partial charge in [-0.2, -0.15) is 0 Å².